The molecule has 1 aromatic carbocycles. The summed E-state index contributed by atoms with van der Waals surface area (Å²) < 4.78 is 2.16. The molecule has 0 bridgehead atoms. The molecule has 2 heterocycles. The zero-order valence-electron chi connectivity index (χ0n) is 10.3. The molecular formula is C15H13ClN2. The summed E-state index contributed by atoms with van der Waals surface area (Å²) >= 11 is 6.04. The van der Waals surface area contributed by atoms with Gasteiger partial charge in [-0.2, -0.15) is 0 Å². The van der Waals surface area contributed by atoms with Gasteiger partial charge in [-0.15, -0.1) is 0 Å². The van der Waals surface area contributed by atoms with Crippen LogP contribution >= 0.6 is 11.6 Å². The predicted molar refractivity (Wildman–Crippen MR) is 75.1 cm³/mol. The lowest BCUT2D eigenvalue weighted by molar-refractivity contribution is 1.04. The Kier molecular flexibility index (Phi) is 2.60. The first-order chi connectivity index (χ1) is 8.66. The van der Waals surface area contributed by atoms with Crippen LogP contribution in [-0.4, -0.2) is 9.38 Å². The lowest BCUT2D eigenvalue weighted by Gasteiger charge is -2.02. The second-order valence-corrected chi connectivity index (χ2v) is 4.85. The van der Waals surface area contributed by atoms with E-state index in [0.717, 1.165) is 27.6 Å². The van der Waals surface area contributed by atoms with E-state index in [0.29, 0.717) is 0 Å². The quantitative estimate of drug-likeness (QED) is 0.636. The topological polar surface area (TPSA) is 17.3 Å². The molecule has 90 valence electrons. The van der Waals surface area contributed by atoms with E-state index >= 15 is 0 Å². The number of nitrogens with zero attached hydrogens (tertiary/aromatic N) is 2. The summed E-state index contributed by atoms with van der Waals surface area (Å²) in [6, 6.07) is 14.0. The van der Waals surface area contributed by atoms with Crippen molar-refractivity contribution in [1.29, 1.82) is 0 Å². The molecule has 0 fully saturated rings. The molecule has 0 aliphatic carbocycles. The minimum atomic E-state index is 0.737. The molecule has 0 saturated carbocycles. The van der Waals surface area contributed by atoms with E-state index in [4.69, 9.17) is 11.6 Å². The van der Waals surface area contributed by atoms with Gasteiger partial charge < -0.3 is 4.40 Å². The summed E-state index contributed by atoms with van der Waals surface area (Å²) in [5, 5.41) is 0.737. The van der Waals surface area contributed by atoms with Gasteiger partial charge in [-0.05, 0) is 38.1 Å². The fourth-order valence-corrected chi connectivity index (χ4v) is 2.53. The van der Waals surface area contributed by atoms with Crippen LogP contribution in [0.3, 0.4) is 0 Å². The molecule has 0 radical (unpaired) electrons. The Bertz CT molecular complexity index is 728. The van der Waals surface area contributed by atoms with Crippen LogP contribution in [0.25, 0.3) is 16.9 Å². The van der Waals surface area contributed by atoms with Gasteiger partial charge in [0.1, 0.15) is 5.65 Å². The van der Waals surface area contributed by atoms with Gasteiger partial charge in [0.25, 0.3) is 0 Å². The third-order valence-electron chi connectivity index (χ3n) is 3.17. The molecule has 0 spiro atoms. The van der Waals surface area contributed by atoms with Gasteiger partial charge in [0.05, 0.1) is 5.69 Å². The molecule has 18 heavy (non-hydrogen) atoms. The third-order valence-corrected chi connectivity index (χ3v) is 3.40. The van der Waals surface area contributed by atoms with Crippen molar-refractivity contribution in [3.63, 3.8) is 0 Å². The second kappa shape index (κ2) is 4.14. The fourth-order valence-electron chi connectivity index (χ4n) is 2.34. The molecule has 0 amide bonds. The monoisotopic (exact) mass is 256 g/mol. The lowest BCUT2D eigenvalue weighted by Crippen LogP contribution is -1.92. The van der Waals surface area contributed by atoms with Crippen molar-refractivity contribution >= 4 is 17.2 Å². The average Bonchev–Trinajstić information content (AvgIpc) is 2.68. The first-order valence-electron chi connectivity index (χ1n) is 5.87. The van der Waals surface area contributed by atoms with Crippen LogP contribution in [0.1, 0.15) is 11.4 Å². The van der Waals surface area contributed by atoms with Crippen molar-refractivity contribution in [2.24, 2.45) is 0 Å². The van der Waals surface area contributed by atoms with Gasteiger partial charge in [-0.3, -0.25) is 0 Å². The number of aromatic nitrogens is 2. The number of rotatable bonds is 1. The Morgan fingerprint density at radius 2 is 1.83 bits per heavy atom. The van der Waals surface area contributed by atoms with Crippen molar-refractivity contribution in [1.82, 2.24) is 9.38 Å². The maximum absolute atomic E-state index is 6.04. The third kappa shape index (κ3) is 1.70. The standard InChI is InChI=1S/C15H13ClN2/c1-10-5-3-8-14-17-15(11(2)18(10)14)12-6-4-7-13(16)9-12/h3-9H,1-2H3. The van der Waals surface area contributed by atoms with Gasteiger partial charge in [0, 0.05) is 22.0 Å². The molecule has 3 aromatic rings. The first kappa shape index (κ1) is 11.3. The van der Waals surface area contributed by atoms with Crippen LogP contribution in [0.2, 0.25) is 5.02 Å². The summed E-state index contributed by atoms with van der Waals surface area (Å²) in [7, 11) is 0. The molecule has 0 aliphatic heterocycles. The van der Waals surface area contributed by atoms with Crippen LogP contribution in [-0.2, 0) is 0 Å². The zero-order chi connectivity index (χ0) is 12.7. The van der Waals surface area contributed by atoms with Crippen LogP contribution in [0.5, 0.6) is 0 Å². The van der Waals surface area contributed by atoms with E-state index in [1.807, 2.05) is 36.4 Å². The molecule has 0 aliphatic rings. The van der Waals surface area contributed by atoms with Crippen LogP contribution in [0.4, 0.5) is 0 Å². The molecular weight excluding hydrogens is 244 g/mol. The van der Waals surface area contributed by atoms with Gasteiger partial charge in [-0.1, -0.05) is 29.8 Å². The summed E-state index contributed by atoms with van der Waals surface area (Å²) in [5.74, 6) is 0. The van der Waals surface area contributed by atoms with E-state index in [2.05, 4.69) is 29.3 Å². The number of halogens is 1. The van der Waals surface area contributed by atoms with E-state index < -0.39 is 0 Å². The van der Waals surface area contributed by atoms with Crippen molar-refractivity contribution in [3.05, 3.63) is 58.9 Å². The van der Waals surface area contributed by atoms with Gasteiger partial charge in [0.15, 0.2) is 0 Å². The van der Waals surface area contributed by atoms with Crippen molar-refractivity contribution in [2.45, 2.75) is 13.8 Å². The lowest BCUT2D eigenvalue weighted by atomic mass is 10.1. The summed E-state index contributed by atoms with van der Waals surface area (Å²) in [4.78, 5) is 4.69. The van der Waals surface area contributed by atoms with Gasteiger partial charge in [-0.25, -0.2) is 4.98 Å². The largest absolute Gasteiger partial charge is 0.301 e. The maximum Gasteiger partial charge on any atom is 0.137 e. The molecule has 0 unspecified atom stereocenters. The Morgan fingerprint density at radius 1 is 1.06 bits per heavy atom. The normalized spacial score (nSPS) is 11.1. The van der Waals surface area contributed by atoms with E-state index in [9.17, 15) is 0 Å². The van der Waals surface area contributed by atoms with Crippen LogP contribution < -0.4 is 0 Å². The van der Waals surface area contributed by atoms with E-state index in [-0.39, 0.29) is 0 Å². The molecule has 3 rings (SSSR count). The van der Waals surface area contributed by atoms with E-state index in [1.165, 1.54) is 5.69 Å². The van der Waals surface area contributed by atoms with Crippen LogP contribution in [0, 0.1) is 13.8 Å². The minimum Gasteiger partial charge on any atom is -0.301 e. The van der Waals surface area contributed by atoms with E-state index in [1.54, 1.807) is 0 Å². The molecule has 0 atom stereocenters. The number of benzene rings is 1. The zero-order valence-corrected chi connectivity index (χ0v) is 11.1. The number of pyridine rings is 1. The predicted octanol–water partition coefficient (Wildman–Crippen LogP) is 4.27. The average molecular weight is 257 g/mol. The Morgan fingerprint density at radius 3 is 2.56 bits per heavy atom. The highest BCUT2D eigenvalue weighted by Gasteiger charge is 2.11. The van der Waals surface area contributed by atoms with Crippen molar-refractivity contribution in [3.8, 4) is 11.3 Å². The number of fused-ring (bicyclic) bond motifs is 1. The SMILES string of the molecule is Cc1cccc2nc(-c3cccc(Cl)c3)c(C)n12. The number of hydrogen-bond acceptors (Lipinski definition) is 1. The molecule has 3 heteroatoms. The minimum absolute atomic E-state index is 0.737. The number of hydrogen-bond donors (Lipinski definition) is 0. The maximum atomic E-state index is 6.04. The molecule has 0 N–H and O–H groups in total. The highest BCUT2D eigenvalue weighted by atomic mass is 35.5. The van der Waals surface area contributed by atoms with Gasteiger partial charge >= 0.3 is 0 Å². The molecule has 2 aromatic heterocycles. The molecule has 2 nitrogen and oxygen atoms in total. The fraction of sp³-hybridized carbons (Fsp3) is 0.133. The summed E-state index contributed by atoms with van der Waals surface area (Å²) in [6.07, 6.45) is 0. The smallest absolute Gasteiger partial charge is 0.137 e. The number of imidazole rings is 1. The Balaban J connectivity index is 2.31. The summed E-state index contributed by atoms with van der Waals surface area (Å²) in [5.41, 5.74) is 5.36. The van der Waals surface area contributed by atoms with Crippen LogP contribution in [0.15, 0.2) is 42.5 Å². The highest BCUT2D eigenvalue weighted by Crippen LogP contribution is 2.26. The molecule has 0 saturated heterocycles. The van der Waals surface area contributed by atoms with Gasteiger partial charge in [0.2, 0.25) is 0 Å². The van der Waals surface area contributed by atoms with Crippen molar-refractivity contribution < 1.29 is 0 Å². The number of aryl methyl sites for hydroxylation is 2. The Labute approximate surface area is 111 Å². The summed E-state index contributed by atoms with van der Waals surface area (Å²) in [6.45, 7) is 4.17. The first-order valence-corrected chi connectivity index (χ1v) is 6.25. The second-order valence-electron chi connectivity index (χ2n) is 4.42. The van der Waals surface area contributed by atoms with Crippen molar-refractivity contribution in [2.75, 3.05) is 0 Å². The Hall–Kier alpha value is -1.80. The highest BCUT2D eigenvalue weighted by molar-refractivity contribution is 6.30.